The quantitative estimate of drug-likeness (QED) is 0.251. The van der Waals surface area contributed by atoms with Crippen molar-refractivity contribution in [3.63, 3.8) is 0 Å². The number of carbonyl (C=O) groups is 1. The number of hydrogen-bond donors (Lipinski definition) is 0. The third-order valence-corrected chi connectivity index (χ3v) is 7.02. The first-order valence-corrected chi connectivity index (χ1v) is 11.7. The molecule has 1 atom stereocenters. The lowest BCUT2D eigenvalue weighted by molar-refractivity contribution is 0.0753. The molecule has 0 aliphatic carbocycles. The normalized spacial score (nSPS) is 16.0. The van der Waals surface area contributed by atoms with E-state index < -0.39 is 0 Å². The van der Waals surface area contributed by atoms with Gasteiger partial charge in [0, 0.05) is 22.6 Å². The molecule has 1 aliphatic heterocycles. The molecular formula is C24H26INO5. The highest BCUT2D eigenvalue weighted by Crippen LogP contribution is 2.41. The van der Waals surface area contributed by atoms with Crippen LogP contribution >= 0.6 is 22.6 Å². The molecule has 1 heterocycles. The zero-order valence-electron chi connectivity index (χ0n) is 18.2. The van der Waals surface area contributed by atoms with E-state index in [1.54, 1.807) is 28.4 Å². The van der Waals surface area contributed by atoms with E-state index >= 15 is 0 Å². The molecule has 0 unspecified atom stereocenters. The molecule has 0 radical (unpaired) electrons. The summed E-state index contributed by atoms with van der Waals surface area (Å²) < 4.78 is 23.1. The van der Waals surface area contributed by atoms with Crippen LogP contribution < -0.4 is 18.9 Å². The second-order valence-corrected chi connectivity index (χ2v) is 8.43. The van der Waals surface area contributed by atoms with E-state index in [1.165, 1.54) is 0 Å². The SMILES string of the molecule is COc1cc2cc(C(=O)N3CCC[C@H]3CI)c3cc(OC)c(OC)cc3c2cc1OC. The maximum Gasteiger partial charge on any atom is 0.254 e. The van der Waals surface area contributed by atoms with E-state index in [4.69, 9.17) is 18.9 Å². The van der Waals surface area contributed by atoms with E-state index in [9.17, 15) is 4.79 Å². The molecular weight excluding hydrogens is 509 g/mol. The second kappa shape index (κ2) is 8.98. The molecule has 1 aliphatic rings. The summed E-state index contributed by atoms with van der Waals surface area (Å²) in [6.07, 6.45) is 2.08. The van der Waals surface area contributed by atoms with E-state index in [2.05, 4.69) is 22.6 Å². The van der Waals surface area contributed by atoms with Crippen molar-refractivity contribution in [1.29, 1.82) is 0 Å². The summed E-state index contributed by atoms with van der Waals surface area (Å²) >= 11 is 2.37. The van der Waals surface area contributed by atoms with Crippen molar-refractivity contribution >= 4 is 50.0 Å². The van der Waals surface area contributed by atoms with Crippen LogP contribution in [0.2, 0.25) is 0 Å². The van der Waals surface area contributed by atoms with Gasteiger partial charge in [-0.25, -0.2) is 0 Å². The summed E-state index contributed by atoms with van der Waals surface area (Å²) in [5, 5.41) is 3.61. The van der Waals surface area contributed by atoms with Gasteiger partial charge in [0.05, 0.1) is 28.4 Å². The van der Waals surface area contributed by atoms with E-state index in [0.717, 1.165) is 45.4 Å². The fourth-order valence-electron chi connectivity index (χ4n) is 4.40. The summed E-state index contributed by atoms with van der Waals surface area (Å²) in [6, 6.07) is 9.91. The molecule has 0 N–H and O–H groups in total. The van der Waals surface area contributed by atoms with Crippen LogP contribution in [-0.4, -0.2) is 56.3 Å². The van der Waals surface area contributed by atoms with Gasteiger partial charge in [0.1, 0.15) is 0 Å². The fourth-order valence-corrected chi connectivity index (χ4v) is 5.32. The topological polar surface area (TPSA) is 57.2 Å². The number of rotatable bonds is 6. The van der Waals surface area contributed by atoms with Crippen LogP contribution in [0.5, 0.6) is 23.0 Å². The van der Waals surface area contributed by atoms with E-state index in [0.29, 0.717) is 28.6 Å². The van der Waals surface area contributed by atoms with Gasteiger partial charge in [0.15, 0.2) is 23.0 Å². The van der Waals surface area contributed by atoms with Crippen molar-refractivity contribution < 1.29 is 23.7 Å². The Morgan fingerprint density at radius 1 is 0.871 bits per heavy atom. The highest BCUT2D eigenvalue weighted by molar-refractivity contribution is 14.1. The van der Waals surface area contributed by atoms with Gasteiger partial charge in [0.25, 0.3) is 5.91 Å². The number of methoxy groups -OCH3 is 4. The van der Waals surface area contributed by atoms with Gasteiger partial charge in [-0.2, -0.15) is 0 Å². The third-order valence-electron chi connectivity index (χ3n) is 6.01. The highest BCUT2D eigenvalue weighted by Gasteiger charge is 2.30. The number of halogens is 1. The third kappa shape index (κ3) is 3.73. The zero-order valence-corrected chi connectivity index (χ0v) is 20.3. The van der Waals surface area contributed by atoms with Gasteiger partial charge in [0.2, 0.25) is 0 Å². The van der Waals surface area contributed by atoms with Gasteiger partial charge in [-0.3, -0.25) is 4.79 Å². The molecule has 1 amide bonds. The van der Waals surface area contributed by atoms with Gasteiger partial charge in [-0.15, -0.1) is 0 Å². The van der Waals surface area contributed by atoms with Crippen LogP contribution in [0.3, 0.4) is 0 Å². The van der Waals surface area contributed by atoms with Crippen LogP contribution in [0.15, 0.2) is 30.3 Å². The van der Waals surface area contributed by atoms with Crippen molar-refractivity contribution in [2.75, 3.05) is 39.4 Å². The van der Waals surface area contributed by atoms with Crippen LogP contribution in [0.1, 0.15) is 23.2 Å². The Balaban J connectivity index is 2.04. The van der Waals surface area contributed by atoms with Crippen molar-refractivity contribution in [2.24, 2.45) is 0 Å². The second-order valence-electron chi connectivity index (χ2n) is 7.55. The summed E-state index contributed by atoms with van der Waals surface area (Å²) in [5.74, 6) is 2.51. The minimum Gasteiger partial charge on any atom is -0.493 e. The summed E-state index contributed by atoms with van der Waals surface area (Å²) in [5.41, 5.74) is 0.660. The highest BCUT2D eigenvalue weighted by atomic mass is 127. The summed E-state index contributed by atoms with van der Waals surface area (Å²) in [4.78, 5) is 15.7. The molecule has 3 aromatic rings. The van der Waals surface area contributed by atoms with Gasteiger partial charge >= 0.3 is 0 Å². The van der Waals surface area contributed by atoms with Crippen molar-refractivity contribution in [1.82, 2.24) is 4.90 Å². The number of nitrogens with zero attached hydrogens (tertiary/aromatic N) is 1. The molecule has 3 aromatic carbocycles. The predicted molar refractivity (Wildman–Crippen MR) is 131 cm³/mol. The molecule has 7 heteroatoms. The first kappa shape index (κ1) is 21.8. The molecule has 6 nitrogen and oxygen atoms in total. The number of likely N-dealkylation sites (tertiary alicyclic amines) is 1. The number of alkyl halides is 1. The molecule has 4 rings (SSSR count). The lowest BCUT2D eigenvalue weighted by atomic mass is 9.95. The van der Waals surface area contributed by atoms with E-state index in [-0.39, 0.29) is 11.9 Å². The summed E-state index contributed by atoms with van der Waals surface area (Å²) in [7, 11) is 6.44. The molecule has 1 saturated heterocycles. The number of hydrogen-bond acceptors (Lipinski definition) is 5. The molecule has 164 valence electrons. The maximum atomic E-state index is 13.7. The van der Waals surface area contributed by atoms with Crippen LogP contribution in [-0.2, 0) is 0 Å². The van der Waals surface area contributed by atoms with Gasteiger partial charge < -0.3 is 23.8 Å². The Morgan fingerprint density at radius 3 is 2.00 bits per heavy atom. The van der Waals surface area contributed by atoms with E-state index in [1.807, 2.05) is 35.2 Å². The number of amides is 1. The first-order valence-electron chi connectivity index (χ1n) is 10.2. The first-order chi connectivity index (χ1) is 15.1. The van der Waals surface area contributed by atoms with Crippen molar-refractivity contribution in [2.45, 2.75) is 18.9 Å². The Hall–Kier alpha value is -2.42. The Kier molecular flexibility index (Phi) is 6.31. The maximum absolute atomic E-state index is 13.7. The van der Waals surface area contributed by atoms with Crippen molar-refractivity contribution in [3.8, 4) is 23.0 Å². The molecule has 0 aromatic heterocycles. The van der Waals surface area contributed by atoms with Gasteiger partial charge in [-0.05, 0) is 64.7 Å². The number of benzene rings is 3. The standard InChI is InChI=1S/C24H26INO5/c1-28-20-9-14-8-19(24(27)26-7-5-6-15(26)13-25)18-12-23(31-4)22(30-3)11-17(18)16(14)10-21(20)29-2/h8-12,15H,5-7,13H2,1-4H3/t15-/m0/s1. The molecule has 31 heavy (non-hydrogen) atoms. The Morgan fingerprint density at radius 2 is 1.42 bits per heavy atom. The number of carbonyl (C=O) groups excluding carboxylic acids is 1. The van der Waals surface area contributed by atoms with Crippen LogP contribution in [0.25, 0.3) is 21.5 Å². The molecule has 1 fully saturated rings. The van der Waals surface area contributed by atoms with Crippen molar-refractivity contribution in [3.05, 3.63) is 35.9 Å². The smallest absolute Gasteiger partial charge is 0.254 e. The van der Waals surface area contributed by atoms with Crippen LogP contribution in [0, 0.1) is 0 Å². The van der Waals surface area contributed by atoms with Gasteiger partial charge in [-0.1, -0.05) is 22.6 Å². The molecule has 0 saturated carbocycles. The predicted octanol–water partition coefficient (Wildman–Crippen LogP) is 5.07. The number of ether oxygens (including phenoxy) is 4. The lowest BCUT2D eigenvalue weighted by Gasteiger charge is -2.24. The molecule has 0 bridgehead atoms. The Bertz CT molecular complexity index is 1150. The minimum atomic E-state index is 0.0491. The average molecular weight is 535 g/mol. The monoisotopic (exact) mass is 535 g/mol. The minimum absolute atomic E-state index is 0.0491. The molecule has 0 spiro atoms. The largest absolute Gasteiger partial charge is 0.493 e. The average Bonchev–Trinajstić information content (AvgIpc) is 3.30. The Labute approximate surface area is 195 Å². The fraction of sp³-hybridized carbons (Fsp3) is 0.375. The number of fused-ring (bicyclic) bond motifs is 3. The van der Waals surface area contributed by atoms with Crippen LogP contribution in [0.4, 0.5) is 0 Å². The lowest BCUT2D eigenvalue weighted by Crippen LogP contribution is -2.36. The zero-order chi connectivity index (χ0) is 22.1. The summed E-state index contributed by atoms with van der Waals surface area (Å²) in [6.45, 7) is 0.783.